The minimum atomic E-state index is 0.175. The summed E-state index contributed by atoms with van der Waals surface area (Å²) >= 11 is 3.47. The molecule has 1 aliphatic rings. The van der Waals surface area contributed by atoms with Gasteiger partial charge in [0.1, 0.15) is 0 Å². The Morgan fingerprint density at radius 2 is 1.95 bits per heavy atom. The van der Waals surface area contributed by atoms with Gasteiger partial charge in [-0.2, -0.15) is 0 Å². The Hall–Kier alpha value is -0.870. The smallest absolute Gasteiger partial charge is 0.226 e. The van der Waals surface area contributed by atoms with E-state index in [4.69, 9.17) is 0 Å². The second-order valence-corrected chi connectivity index (χ2v) is 6.63. The van der Waals surface area contributed by atoms with Crippen molar-refractivity contribution in [2.75, 3.05) is 26.2 Å². The molecule has 2 rings (SSSR count). The fourth-order valence-electron chi connectivity index (χ4n) is 3.04. The van der Waals surface area contributed by atoms with E-state index in [9.17, 15) is 4.79 Å². The van der Waals surface area contributed by atoms with Gasteiger partial charge in [-0.25, -0.2) is 0 Å². The Morgan fingerprint density at radius 1 is 1.29 bits per heavy atom. The van der Waals surface area contributed by atoms with E-state index in [1.54, 1.807) is 0 Å². The summed E-state index contributed by atoms with van der Waals surface area (Å²) < 4.78 is 1.11. The molecule has 0 saturated carbocycles. The van der Waals surface area contributed by atoms with Crippen molar-refractivity contribution in [2.45, 2.75) is 33.2 Å². The van der Waals surface area contributed by atoms with Crippen LogP contribution in [0.3, 0.4) is 0 Å². The molecule has 0 radical (unpaired) electrons. The molecule has 1 heterocycles. The van der Waals surface area contributed by atoms with Gasteiger partial charge in [-0.05, 0) is 50.9 Å². The lowest BCUT2D eigenvalue weighted by Crippen LogP contribution is -2.44. The summed E-state index contributed by atoms with van der Waals surface area (Å²) in [6.45, 7) is 8.68. The van der Waals surface area contributed by atoms with Crippen molar-refractivity contribution < 1.29 is 4.79 Å². The highest BCUT2D eigenvalue weighted by Gasteiger charge is 2.28. The number of carbonyl (C=O) groups is 1. The topological polar surface area (TPSA) is 23.6 Å². The highest BCUT2D eigenvalue weighted by atomic mass is 79.9. The number of nitrogens with zero attached hydrogens (tertiary/aromatic N) is 2. The van der Waals surface area contributed by atoms with Crippen molar-refractivity contribution in [3.8, 4) is 0 Å². The minimum absolute atomic E-state index is 0.175. The van der Waals surface area contributed by atoms with E-state index >= 15 is 0 Å². The third kappa shape index (κ3) is 4.55. The number of hydrogen-bond acceptors (Lipinski definition) is 2. The maximum Gasteiger partial charge on any atom is 0.226 e. The number of benzene rings is 1. The summed E-state index contributed by atoms with van der Waals surface area (Å²) in [4.78, 5) is 16.9. The molecule has 4 heteroatoms. The van der Waals surface area contributed by atoms with E-state index < -0.39 is 0 Å². The Morgan fingerprint density at radius 3 is 2.57 bits per heavy atom. The van der Waals surface area contributed by atoms with Gasteiger partial charge in [0, 0.05) is 30.7 Å². The Labute approximate surface area is 136 Å². The van der Waals surface area contributed by atoms with E-state index in [0.717, 1.165) is 50.0 Å². The molecule has 1 amide bonds. The van der Waals surface area contributed by atoms with Crippen LogP contribution in [0.2, 0.25) is 0 Å². The third-order valence-electron chi connectivity index (χ3n) is 4.25. The molecule has 1 unspecified atom stereocenters. The molecule has 0 bridgehead atoms. The minimum Gasteiger partial charge on any atom is -0.343 e. The predicted molar refractivity (Wildman–Crippen MR) is 90.1 cm³/mol. The summed E-state index contributed by atoms with van der Waals surface area (Å²) in [5.41, 5.74) is 1.31. The van der Waals surface area contributed by atoms with Gasteiger partial charge in [0.15, 0.2) is 0 Å². The molecule has 1 fully saturated rings. The van der Waals surface area contributed by atoms with E-state index in [1.165, 1.54) is 5.56 Å². The van der Waals surface area contributed by atoms with Crippen LogP contribution in [0.4, 0.5) is 0 Å². The molecule has 0 N–H and O–H groups in total. The zero-order valence-electron chi connectivity index (χ0n) is 13.0. The van der Waals surface area contributed by atoms with Gasteiger partial charge in [-0.15, -0.1) is 0 Å². The molecular formula is C17H25BrN2O. The van der Waals surface area contributed by atoms with Crippen molar-refractivity contribution in [3.63, 3.8) is 0 Å². The second kappa shape index (κ2) is 7.95. The highest BCUT2D eigenvalue weighted by Crippen LogP contribution is 2.21. The normalized spacial score (nSPS) is 19.5. The van der Waals surface area contributed by atoms with Crippen molar-refractivity contribution in [1.82, 2.24) is 9.80 Å². The molecule has 1 aliphatic heterocycles. The zero-order valence-corrected chi connectivity index (χ0v) is 14.6. The largest absolute Gasteiger partial charge is 0.343 e. The Kier molecular flexibility index (Phi) is 6.24. The van der Waals surface area contributed by atoms with Crippen LogP contribution in [0.25, 0.3) is 0 Å². The monoisotopic (exact) mass is 352 g/mol. The highest BCUT2D eigenvalue weighted by molar-refractivity contribution is 9.10. The van der Waals surface area contributed by atoms with E-state index in [2.05, 4.69) is 58.9 Å². The first-order valence-electron chi connectivity index (χ1n) is 7.89. The van der Waals surface area contributed by atoms with Crippen molar-refractivity contribution >= 4 is 21.8 Å². The predicted octanol–water partition coefficient (Wildman–Crippen LogP) is 3.53. The fraction of sp³-hybridized carbons (Fsp3) is 0.588. The summed E-state index contributed by atoms with van der Waals surface area (Å²) in [6, 6.07) is 8.47. The summed E-state index contributed by atoms with van der Waals surface area (Å²) in [5.74, 6) is 0.509. The van der Waals surface area contributed by atoms with Crippen molar-refractivity contribution in [2.24, 2.45) is 5.92 Å². The molecule has 1 saturated heterocycles. The summed E-state index contributed by atoms with van der Waals surface area (Å²) in [6.07, 6.45) is 2.15. The summed E-state index contributed by atoms with van der Waals surface area (Å²) in [7, 11) is 0. The molecule has 0 aliphatic carbocycles. The zero-order chi connectivity index (χ0) is 15.2. The lowest BCUT2D eigenvalue weighted by molar-refractivity contribution is -0.137. The average molecular weight is 353 g/mol. The first kappa shape index (κ1) is 16.5. The Balaban J connectivity index is 1.94. The molecule has 0 spiro atoms. The molecule has 116 valence electrons. The SMILES string of the molecule is CCN(CC)C(=O)C1CCCN(Cc2ccc(Br)cc2)C1. The van der Waals surface area contributed by atoms with Crippen LogP contribution >= 0.6 is 15.9 Å². The van der Waals surface area contributed by atoms with Gasteiger partial charge >= 0.3 is 0 Å². The average Bonchev–Trinajstić information content (AvgIpc) is 2.51. The third-order valence-corrected chi connectivity index (χ3v) is 4.78. The van der Waals surface area contributed by atoms with Gasteiger partial charge in [-0.3, -0.25) is 9.69 Å². The van der Waals surface area contributed by atoms with Gasteiger partial charge < -0.3 is 4.90 Å². The lowest BCUT2D eigenvalue weighted by Gasteiger charge is -2.34. The van der Waals surface area contributed by atoms with Crippen LogP contribution < -0.4 is 0 Å². The van der Waals surface area contributed by atoms with Crippen LogP contribution in [0.5, 0.6) is 0 Å². The number of hydrogen-bond donors (Lipinski definition) is 0. The molecule has 0 aromatic heterocycles. The number of rotatable bonds is 5. The molecular weight excluding hydrogens is 328 g/mol. The quantitative estimate of drug-likeness (QED) is 0.809. The fourth-order valence-corrected chi connectivity index (χ4v) is 3.31. The standard InChI is InChI=1S/C17H25BrN2O/c1-3-20(4-2)17(21)15-6-5-11-19(13-15)12-14-7-9-16(18)10-8-14/h7-10,15H,3-6,11-13H2,1-2H3. The van der Waals surface area contributed by atoms with Crippen LogP contribution in [-0.4, -0.2) is 41.9 Å². The number of likely N-dealkylation sites (tertiary alicyclic amines) is 1. The molecule has 21 heavy (non-hydrogen) atoms. The van der Waals surface area contributed by atoms with Crippen LogP contribution in [0.15, 0.2) is 28.7 Å². The number of amides is 1. The first-order valence-corrected chi connectivity index (χ1v) is 8.69. The lowest BCUT2D eigenvalue weighted by atomic mass is 9.96. The van der Waals surface area contributed by atoms with Crippen molar-refractivity contribution in [1.29, 1.82) is 0 Å². The number of piperidine rings is 1. The summed E-state index contributed by atoms with van der Waals surface area (Å²) in [5, 5.41) is 0. The molecule has 1 aromatic rings. The van der Waals surface area contributed by atoms with Gasteiger partial charge in [0.2, 0.25) is 5.91 Å². The maximum atomic E-state index is 12.5. The maximum absolute atomic E-state index is 12.5. The van der Waals surface area contributed by atoms with Crippen LogP contribution in [0.1, 0.15) is 32.3 Å². The van der Waals surface area contributed by atoms with Gasteiger partial charge in [0.05, 0.1) is 5.92 Å². The molecule has 1 atom stereocenters. The molecule has 1 aromatic carbocycles. The van der Waals surface area contributed by atoms with E-state index in [0.29, 0.717) is 5.91 Å². The number of carbonyl (C=O) groups excluding carboxylic acids is 1. The van der Waals surface area contributed by atoms with Crippen molar-refractivity contribution in [3.05, 3.63) is 34.3 Å². The van der Waals surface area contributed by atoms with E-state index in [1.807, 2.05) is 4.90 Å². The van der Waals surface area contributed by atoms with Crippen LogP contribution in [-0.2, 0) is 11.3 Å². The van der Waals surface area contributed by atoms with Crippen LogP contribution in [0, 0.1) is 5.92 Å². The number of halogens is 1. The Bertz CT molecular complexity index is 456. The molecule has 3 nitrogen and oxygen atoms in total. The first-order chi connectivity index (χ1) is 10.1. The van der Waals surface area contributed by atoms with Gasteiger partial charge in [0.25, 0.3) is 0 Å². The van der Waals surface area contributed by atoms with E-state index in [-0.39, 0.29) is 5.92 Å². The van der Waals surface area contributed by atoms with Gasteiger partial charge in [-0.1, -0.05) is 28.1 Å². The second-order valence-electron chi connectivity index (χ2n) is 5.71.